The Balaban J connectivity index is 0.000000369. The van der Waals surface area contributed by atoms with Gasteiger partial charge in [0, 0.05) is 12.1 Å². The molecule has 1 aromatic carbocycles. The third-order valence-corrected chi connectivity index (χ3v) is 9.41. The molecule has 3 aromatic rings. The standard InChI is InChI=1S/C11H14F2N2O3.C10H12F2N2O2.C10H11IO4/c1-11(2,15-10(16)17-3)7-5-4-6-8(14-7)18-9(12)13;1-10(2,8(13)15)6-4-3-5-7(14-6)16-9(11)12;1-8(12)14-11(15-9(2)13)10-6-4-3-5-7-10/h4-6,9H,1-3H3,(H,15,16);3-5,9H,1-2H3,(H2,13,15);3-7H,1-2H3. The Labute approximate surface area is 288 Å². The number of benzene rings is 1. The van der Waals surface area contributed by atoms with Crippen LogP contribution in [0.4, 0.5) is 22.4 Å². The van der Waals surface area contributed by atoms with E-state index < -0.39 is 68.8 Å². The summed E-state index contributed by atoms with van der Waals surface area (Å²) in [5.41, 5.74) is 3.96. The van der Waals surface area contributed by atoms with Crippen molar-refractivity contribution in [3.05, 3.63) is 81.7 Å². The van der Waals surface area contributed by atoms with E-state index in [1.165, 1.54) is 51.3 Å². The summed E-state index contributed by atoms with van der Waals surface area (Å²) in [6.45, 7) is 3.17. The van der Waals surface area contributed by atoms with E-state index in [0.29, 0.717) is 5.69 Å². The SMILES string of the molecule is CC(=O)OI(OC(C)=O)c1ccccc1.CC(C)(C(N)=O)c1cccc(OC(F)F)n1.COC(=O)NC(C)(C)c1cccc(OC(F)F)n1. The fourth-order valence-electron chi connectivity index (χ4n) is 3.16. The fraction of sp³-hybridized carbons (Fsp3) is 0.355. The van der Waals surface area contributed by atoms with E-state index in [0.717, 1.165) is 3.57 Å². The average Bonchev–Trinajstić information content (AvgIpc) is 3.00. The van der Waals surface area contributed by atoms with E-state index >= 15 is 0 Å². The van der Waals surface area contributed by atoms with Crippen molar-refractivity contribution in [2.45, 2.75) is 65.7 Å². The molecule has 0 bridgehead atoms. The second-order valence-electron chi connectivity index (χ2n) is 10.4. The molecule has 0 fully saturated rings. The number of nitrogens with two attached hydrogens (primary N) is 1. The summed E-state index contributed by atoms with van der Waals surface area (Å²) in [7, 11) is 1.23. The fourth-order valence-corrected chi connectivity index (χ4v) is 5.88. The zero-order chi connectivity index (χ0) is 37.4. The van der Waals surface area contributed by atoms with E-state index in [-0.39, 0.29) is 17.5 Å². The van der Waals surface area contributed by atoms with Gasteiger partial charge < -0.3 is 25.3 Å². The van der Waals surface area contributed by atoms with Gasteiger partial charge in [0.05, 0.1) is 29.5 Å². The van der Waals surface area contributed by atoms with E-state index in [2.05, 4.69) is 29.5 Å². The molecule has 2 aromatic heterocycles. The quantitative estimate of drug-likeness (QED) is 0.171. The maximum absolute atomic E-state index is 12.1. The van der Waals surface area contributed by atoms with Crippen LogP contribution in [0.15, 0.2) is 66.7 Å². The van der Waals surface area contributed by atoms with Crippen molar-refractivity contribution in [1.82, 2.24) is 15.3 Å². The number of carbonyl (C=O) groups is 4. The number of carbonyl (C=O) groups excluding carboxylic acids is 4. The summed E-state index contributed by atoms with van der Waals surface area (Å²) in [6.07, 6.45) is -0.637. The van der Waals surface area contributed by atoms with Gasteiger partial charge in [-0.25, -0.2) is 14.8 Å². The Morgan fingerprint density at radius 1 is 0.735 bits per heavy atom. The number of ether oxygens (including phenoxy) is 3. The van der Waals surface area contributed by atoms with Gasteiger partial charge in [0.25, 0.3) is 0 Å². The molecular formula is C31H37F4IN4O9. The molecule has 0 aliphatic rings. The molecule has 49 heavy (non-hydrogen) atoms. The van der Waals surface area contributed by atoms with Crippen molar-refractivity contribution in [2.24, 2.45) is 5.73 Å². The molecule has 2 amide bonds. The first-order valence-corrected chi connectivity index (χ1v) is 16.8. The van der Waals surface area contributed by atoms with Crippen molar-refractivity contribution >= 4 is 44.6 Å². The first kappa shape index (κ1) is 42.3. The molecule has 0 radical (unpaired) electrons. The summed E-state index contributed by atoms with van der Waals surface area (Å²) < 4.78 is 71.7. The zero-order valence-electron chi connectivity index (χ0n) is 27.5. The molecule has 0 spiro atoms. The Kier molecular flexibility index (Phi) is 17.2. The normalized spacial score (nSPS) is 11.1. The van der Waals surface area contributed by atoms with Crippen LogP contribution < -0.4 is 20.5 Å². The number of nitrogens with one attached hydrogen (secondary N) is 1. The van der Waals surface area contributed by atoms with Gasteiger partial charge in [-0.05, 0) is 39.8 Å². The van der Waals surface area contributed by atoms with Crippen molar-refractivity contribution in [3.8, 4) is 11.8 Å². The van der Waals surface area contributed by atoms with Crippen LogP contribution in [0.3, 0.4) is 0 Å². The van der Waals surface area contributed by atoms with Gasteiger partial charge in [0.15, 0.2) is 0 Å². The number of hydrogen-bond donors (Lipinski definition) is 2. The molecule has 0 unspecified atom stereocenters. The van der Waals surface area contributed by atoms with Crippen molar-refractivity contribution in [3.63, 3.8) is 0 Å². The number of alkyl halides is 4. The molecule has 0 saturated carbocycles. The Hall–Kier alpha value is -4.75. The summed E-state index contributed by atoms with van der Waals surface area (Å²) in [6, 6.07) is 17.8. The van der Waals surface area contributed by atoms with Crippen LogP contribution in [0.2, 0.25) is 0 Å². The number of primary amides is 1. The third-order valence-electron chi connectivity index (χ3n) is 5.63. The molecule has 13 nitrogen and oxygen atoms in total. The van der Waals surface area contributed by atoms with Gasteiger partial charge in [0.2, 0.25) is 17.7 Å². The molecule has 0 aliphatic carbocycles. The van der Waals surface area contributed by atoms with Gasteiger partial charge >= 0.3 is 115 Å². The molecule has 0 atom stereocenters. The first-order chi connectivity index (χ1) is 22.8. The second kappa shape index (κ2) is 19.9. The molecule has 0 saturated heterocycles. The summed E-state index contributed by atoms with van der Waals surface area (Å²) >= 11 is -2.59. The number of nitrogens with zero attached hydrogens (tertiary/aromatic N) is 2. The van der Waals surface area contributed by atoms with E-state index in [1.807, 2.05) is 18.2 Å². The summed E-state index contributed by atoms with van der Waals surface area (Å²) in [5.74, 6) is -1.88. The smallest absolute Gasteiger partial charge is 0.407 e. The molecule has 0 aliphatic heterocycles. The molecule has 2 heterocycles. The van der Waals surface area contributed by atoms with Crippen LogP contribution in [-0.4, -0.2) is 54.2 Å². The topological polar surface area (TPSA) is 178 Å². The molecular weight excluding hydrogens is 775 g/mol. The Morgan fingerprint density at radius 2 is 1.18 bits per heavy atom. The van der Waals surface area contributed by atoms with Gasteiger partial charge in [-0.3, -0.25) is 4.79 Å². The molecule has 18 heteroatoms. The van der Waals surface area contributed by atoms with Crippen molar-refractivity contribution < 1.29 is 57.1 Å². The van der Waals surface area contributed by atoms with Crippen LogP contribution in [0.25, 0.3) is 0 Å². The Morgan fingerprint density at radius 3 is 1.59 bits per heavy atom. The van der Waals surface area contributed by atoms with Gasteiger partial charge in [0.1, 0.15) is 0 Å². The number of rotatable bonds is 11. The predicted octanol–water partition coefficient (Wildman–Crippen LogP) is 6.04. The molecule has 3 rings (SSSR count). The predicted molar refractivity (Wildman–Crippen MR) is 175 cm³/mol. The number of halogens is 5. The Bertz CT molecular complexity index is 1520. The number of hydrogen-bond acceptors (Lipinski definition) is 11. The van der Waals surface area contributed by atoms with Crippen molar-refractivity contribution in [1.29, 1.82) is 0 Å². The van der Waals surface area contributed by atoms with Crippen LogP contribution >= 0.6 is 20.6 Å². The van der Waals surface area contributed by atoms with Crippen molar-refractivity contribution in [2.75, 3.05) is 7.11 Å². The molecule has 270 valence electrons. The third kappa shape index (κ3) is 15.8. The van der Waals surface area contributed by atoms with E-state index in [1.54, 1.807) is 45.9 Å². The van der Waals surface area contributed by atoms with E-state index in [9.17, 15) is 36.7 Å². The number of alkyl carbamates (subject to hydrolysis) is 1. The number of pyridine rings is 2. The van der Waals surface area contributed by atoms with E-state index in [4.69, 9.17) is 11.9 Å². The first-order valence-electron chi connectivity index (χ1n) is 13.9. The minimum atomic E-state index is -2.94. The zero-order valence-corrected chi connectivity index (χ0v) is 29.7. The van der Waals surface area contributed by atoms with Gasteiger partial charge in [-0.15, -0.1) is 0 Å². The van der Waals surface area contributed by atoms with Crippen LogP contribution in [0.5, 0.6) is 11.8 Å². The second-order valence-corrected chi connectivity index (χ2v) is 13.7. The van der Waals surface area contributed by atoms with Gasteiger partial charge in [-0.1, -0.05) is 12.1 Å². The van der Waals surface area contributed by atoms with Crippen LogP contribution in [0.1, 0.15) is 52.9 Å². The minimum absolute atomic E-state index is 0.206. The number of amides is 2. The largest absolute Gasteiger partial charge is 0.453 e. The van der Waals surface area contributed by atoms with Gasteiger partial charge in [-0.2, -0.15) is 17.6 Å². The monoisotopic (exact) mass is 812 g/mol. The van der Waals surface area contributed by atoms with Crippen LogP contribution in [0, 0.1) is 3.57 Å². The summed E-state index contributed by atoms with van der Waals surface area (Å²) in [5, 5.41) is 2.54. The maximum atomic E-state index is 12.1. The number of aromatic nitrogens is 2. The summed E-state index contributed by atoms with van der Waals surface area (Å²) in [4.78, 5) is 51.7. The number of methoxy groups -OCH3 is 1. The molecule has 3 N–H and O–H groups in total. The average molecular weight is 813 g/mol. The minimum Gasteiger partial charge on any atom is -0.453 e. The maximum Gasteiger partial charge on any atom is 0.407 e. The van der Waals surface area contributed by atoms with Crippen LogP contribution in [-0.2, 0) is 36.2 Å².